The number of nitrogens with zero attached hydrogens (tertiary/aromatic N) is 7. The third-order valence-electron chi connectivity index (χ3n) is 8.37. The minimum atomic E-state index is -0.262. The Kier molecular flexibility index (Phi) is 7.36. The molecule has 0 spiro atoms. The molecule has 3 atom stereocenters. The van der Waals surface area contributed by atoms with Crippen LogP contribution in [0.4, 0.5) is 5.82 Å². The number of hydrogen-bond donors (Lipinski definition) is 1. The molecule has 11 heteroatoms. The lowest BCUT2D eigenvalue weighted by atomic mass is 9.96. The maximum absolute atomic E-state index is 12.5. The average Bonchev–Trinajstić information content (AvgIpc) is 3.63. The Hall–Kier alpha value is -4.01. The quantitative estimate of drug-likeness (QED) is 0.449. The van der Waals surface area contributed by atoms with Crippen molar-refractivity contribution in [2.24, 2.45) is 0 Å². The van der Waals surface area contributed by atoms with E-state index in [1.807, 2.05) is 18.3 Å². The van der Waals surface area contributed by atoms with Crippen LogP contribution >= 0.6 is 0 Å². The summed E-state index contributed by atoms with van der Waals surface area (Å²) in [6.45, 7) is 7.12. The number of likely N-dealkylation sites (N-methyl/N-ethyl adjacent to an activating group) is 1. The highest BCUT2D eigenvalue weighted by Crippen LogP contribution is 2.37. The van der Waals surface area contributed by atoms with Crippen molar-refractivity contribution in [2.45, 2.75) is 50.5 Å². The van der Waals surface area contributed by atoms with Crippen LogP contribution in [-0.4, -0.2) is 87.8 Å². The Morgan fingerprint density at radius 2 is 2.20 bits per heavy atom. The number of amides is 1. The molecule has 2 fully saturated rings. The fourth-order valence-corrected chi connectivity index (χ4v) is 6.12. The minimum absolute atomic E-state index is 0.158. The Balaban J connectivity index is 1.32. The topological polar surface area (TPSA) is 124 Å². The van der Waals surface area contributed by atoms with Crippen LogP contribution in [0.15, 0.2) is 37.1 Å². The summed E-state index contributed by atoms with van der Waals surface area (Å²) in [7, 11) is 2.12. The summed E-state index contributed by atoms with van der Waals surface area (Å²) in [6, 6.07) is 8.76. The number of ether oxygens (including phenoxy) is 2. The van der Waals surface area contributed by atoms with Crippen LogP contribution in [0, 0.1) is 11.3 Å². The van der Waals surface area contributed by atoms with Gasteiger partial charge in [0.05, 0.1) is 48.7 Å². The summed E-state index contributed by atoms with van der Waals surface area (Å²) in [5, 5.41) is 17.8. The number of piperazine rings is 1. The summed E-state index contributed by atoms with van der Waals surface area (Å²) in [6.07, 6.45) is 6.02. The molecule has 0 aliphatic carbocycles. The molecule has 3 aliphatic heterocycles. The molecule has 0 radical (unpaired) electrons. The normalized spacial score (nSPS) is 23.1. The Morgan fingerprint density at radius 1 is 1.30 bits per heavy atom. The molecule has 1 N–H and O–H groups in total. The lowest BCUT2D eigenvalue weighted by Gasteiger charge is -2.41. The molecule has 2 saturated heterocycles. The van der Waals surface area contributed by atoms with Gasteiger partial charge in [0.1, 0.15) is 12.4 Å². The molecular formula is C29H34N8O3. The van der Waals surface area contributed by atoms with Gasteiger partial charge < -0.3 is 24.2 Å². The van der Waals surface area contributed by atoms with Crippen LogP contribution in [0.3, 0.4) is 0 Å². The Labute approximate surface area is 233 Å². The largest absolute Gasteiger partial charge is 0.462 e. The first kappa shape index (κ1) is 26.2. The van der Waals surface area contributed by atoms with Gasteiger partial charge in [-0.05, 0) is 44.1 Å². The first-order valence-electron chi connectivity index (χ1n) is 13.9. The predicted octanol–water partition coefficient (Wildman–Crippen LogP) is 2.76. The van der Waals surface area contributed by atoms with E-state index in [0.717, 1.165) is 52.9 Å². The zero-order valence-electron chi connectivity index (χ0n) is 22.8. The molecule has 40 heavy (non-hydrogen) atoms. The number of hydrogen-bond acceptors (Lipinski definition) is 9. The number of nitriles is 1. The molecule has 1 amide bonds. The number of benzene rings is 1. The van der Waals surface area contributed by atoms with E-state index in [0.29, 0.717) is 51.3 Å². The van der Waals surface area contributed by atoms with E-state index in [1.54, 1.807) is 4.90 Å². The van der Waals surface area contributed by atoms with Gasteiger partial charge in [0.2, 0.25) is 5.91 Å². The van der Waals surface area contributed by atoms with Gasteiger partial charge in [-0.2, -0.15) is 20.3 Å². The van der Waals surface area contributed by atoms with E-state index < -0.39 is 0 Å². The molecule has 1 aromatic carbocycles. The zero-order valence-corrected chi connectivity index (χ0v) is 22.8. The van der Waals surface area contributed by atoms with Crippen LogP contribution in [0.1, 0.15) is 42.2 Å². The number of H-pyrrole nitrogens is 1. The van der Waals surface area contributed by atoms with Gasteiger partial charge in [0.25, 0.3) is 0 Å². The first-order valence-corrected chi connectivity index (χ1v) is 13.9. The number of likely N-dealkylation sites (tertiary alicyclic amines) is 1. The minimum Gasteiger partial charge on any atom is -0.462 e. The molecular weight excluding hydrogens is 508 g/mol. The van der Waals surface area contributed by atoms with E-state index in [1.165, 1.54) is 6.08 Å². The van der Waals surface area contributed by atoms with Crippen molar-refractivity contribution in [3.63, 3.8) is 0 Å². The third-order valence-corrected chi connectivity index (χ3v) is 8.37. The maximum atomic E-state index is 12.5. The molecule has 3 aromatic rings. The average molecular weight is 543 g/mol. The van der Waals surface area contributed by atoms with E-state index in [9.17, 15) is 10.1 Å². The standard InChI is InChI=1S/C29H34N8O3/c1-3-27(38)37-13-12-36(16-19(37)9-10-30)28-23-18-39-26(21-7-4-8-24-22(21)15-31-34-24)14-25(23)32-29(33-28)40-17-20-6-5-11-35(20)2/h3-4,7-8,15,19-20,26H,1,5-6,9,11-14,16-18H2,2H3,(H,31,34)/t19-,20-,26?/m0/s1. The number of rotatable bonds is 7. The van der Waals surface area contributed by atoms with Gasteiger partial charge in [-0.3, -0.25) is 9.89 Å². The highest BCUT2D eigenvalue weighted by atomic mass is 16.5. The van der Waals surface area contributed by atoms with Crippen molar-refractivity contribution in [1.82, 2.24) is 30.0 Å². The van der Waals surface area contributed by atoms with E-state index in [4.69, 9.17) is 19.4 Å². The molecule has 11 nitrogen and oxygen atoms in total. The number of aromatic nitrogens is 4. The summed E-state index contributed by atoms with van der Waals surface area (Å²) in [5.74, 6) is 0.599. The van der Waals surface area contributed by atoms with Gasteiger partial charge in [-0.15, -0.1) is 0 Å². The van der Waals surface area contributed by atoms with Crippen molar-refractivity contribution in [1.29, 1.82) is 5.26 Å². The summed E-state index contributed by atoms with van der Waals surface area (Å²) < 4.78 is 12.7. The lowest BCUT2D eigenvalue weighted by Crippen LogP contribution is -2.55. The smallest absolute Gasteiger partial charge is 0.318 e. The van der Waals surface area contributed by atoms with Gasteiger partial charge >= 0.3 is 6.01 Å². The van der Waals surface area contributed by atoms with E-state index >= 15 is 0 Å². The summed E-state index contributed by atoms with van der Waals surface area (Å²) in [4.78, 5) is 28.4. The van der Waals surface area contributed by atoms with Gasteiger partial charge in [0, 0.05) is 43.0 Å². The SMILES string of the molecule is C=CC(=O)N1CCN(c2nc(OC[C@@H]3CCCN3C)nc3c2COC(c2cccc4[nH]ncc24)C3)C[C@@H]1CC#N. The fraction of sp³-hybridized carbons (Fsp3) is 0.483. The number of aromatic amines is 1. The van der Waals surface area contributed by atoms with Crippen molar-refractivity contribution in [3.8, 4) is 12.1 Å². The molecule has 2 aromatic heterocycles. The molecule has 0 bridgehead atoms. The highest BCUT2D eigenvalue weighted by molar-refractivity contribution is 5.87. The zero-order chi connectivity index (χ0) is 27.6. The number of anilines is 1. The van der Waals surface area contributed by atoms with Crippen LogP contribution < -0.4 is 9.64 Å². The monoisotopic (exact) mass is 542 g/mol. The second kappa shape index (κ2) is 11.2. The molecule has 5 heterocycles. The van der Waals surface area contributed by atoms with E-state index in [-0.39, 0.29) is 24.5 Å². The fourth-order valence-electron chi connectivity index (χ4n) is 6.12. The number of nitrogens with one attached hydrogen (secondary N) is 1. The lowest BCUT2D eigenvalue weighted by molar-refractivity contribution is -0.128. The summed E-state index contributed by atoms with van der Waals surface area (Å²) in [5.41, 5.74) is 3.87. The molecule has 6 rings (SSSR count). The predicted molar refractivity (Wildman–Crippen MR) is 149 cm³/mol. The second-order valence-corrected chi connectivity index (χ2v) is 10.7. The van der Waals surface area contributed by atoms with Crippen molar-refractivity contribution >= 4 is 22.6 Å². The first-order chi connectivity index (χ1) is 19.6. The number of carbonyl (C=O) groups is 1. The number of fused-ring (bicyclic) bond motifs is 2. The van der Waals surface area contributed by atoms with Gasteiger partial charge in [0.15, 0.2) is 0 Å². The Morgan fingerprint density at radius 3 is 3.00 bits per heavy atom. The van der Waals surface area contributed by atoms with Crippen LogP contribution in [0.5, 0.6) is 6.01 Å². The molecule has 1 unspecified atom stereocenters. The Bertz CT molecular complexity index is 1450. The second-order valence-electron chi connectivity index (χ2n) is 10.7. The molecule has 208 valence electrons. The van der Waals surface area contributed by atoms with Crippen molar-refractivity contribution in [3.05, 3.63) is 53.9 Å². The van der Waals surface area contributed by atoms with E-state index in [2.05, 4.69) is 45.8 Å². The van der Waals surface area contributed by atoms with Gasteiger partial charge in [-0.25, -0.2) is 0 Å². The van der Waals surface area contributed by atoms with Crippen LogP contribution in [-0.2, 0) is 22.6 Å². The van der Waals surface area contributed by atoms with Gasteiger partial charge in [-0.1, -0.05) is 18.7 Å². The molecule has 0 saturated carbocycles. The highest BCUT2D eigenvalue weighted by Gasteiger charge is 2.34. The maximum Gasteiger partial charge on any atom is 0.318 e. The third kappa shape index (κ3) is 5.00. The van der Waals surface area contributed by atoms with Crippen LogP contribution in [0.2, 0.25) is 0 Å². The number of carbonyl (C=O) groups excluding carboxylic acids is 1. The summed E-state index contributed by atoms with van der Waals surface area (Å²) >= 11 is 0. The van der Waals surface area contributed by atoms with Crippen LogP contribution in [0.25, 0.3) is 10.9 Å². The molecule has 3 aliphatic rings. The van der Waals surface area contributed by atoms with Crippen molar-refractivity contribution < 1.29 is 14.3 Å². The van der Waals surface area contributed by atoms with Crippen molar-refractivity contribution in [2.75, 3.05) is 44.7 Å².